The highest BCUT2D eigenvalue weighted by Gasteiger charge is 2.27. The Morgan fingerprint density at radius 2 is 1.62 bits per heavy atom. The summed E-state index contributed by atoms with van der Waals surface area (Å²) in [6, 6.07) is 10.2. The molecular weight excluding hydrogens is 426 g/mol. The molecule has 8 heteroatoms. The number of benzene rings is 1. The molecule has 0 radical (unpaired) electrons. The number of sulfonamides is 1. The zero-order valence-corrected chi connectivity index (χ0v) is 19.4. The predicted octanol–water partition coefficient (Wildman–Crippen LogP) is 3.80. The minimum atomic E-state index is -3.60. The molecule has 0 spiro atoms. The number of likely N-dealkylation sites (tertiary alicyclic amines) is 1. The standard InChI is InChI=1S/C24H33N3O4S/c28-24(25-19-22(23-12-9-17-31-23)26-13-4-3-5-14-26)20-10-8-11-21(18-20)32(29,30)27-15-6-1-2-7-16-27/h8-12,17-18,22H,1-7,13-16,19H2,(H,25,28). The molecule has 0 bridgehead atoms. The summed E-state index contributed by atoms with van der Waals surface area (Å²) in [7, 11) is -3.60. The highest BCUT2D eigenvalue weighted by Crippen LogP contribution is 2.25. The average molecular weight is 460 g/mol. The maximum absolute atomic E-state index is 13.1. The second-order valence-electron chi connectivity index (χ2n) is 8.68. The molecule has 3 heterocycles. The average Bonchev–Trinajstić information content (AvgIpc) is 3.20. The van der Waals surface area contributed by atoms with E-state index < -0.39 is 10.0 Å². The van der Waals surface area contributed by atoms with Gasteiger partial charge in [-0.05, 0) is 69.1 Å². The zero-order valence-electron chi connectivity index (χ0n) is 18.5. The van der Waals surface area contributed by atoms with Crippen molar-refractivity contribution in [1.29, 1.82) is 0 Å². The van der Waals surface area contributed by atoms with Gasteiger partial charge in [0.05, 0.1) is 17.2 Å². The van der Waals surface area contributed by atoms with Crippen LogP contribution >= 0.6 is 0 Å². The van der Waals surface area contributed by atoms with Crippen molar-refractivity contribution in [1.82, 2.24) is 14.5 Å². The Balaban J connectivity index is 1.46. The zero-order chi connectivity index (χ0) is 22.4. The van der Waals surface area contributed by atoms with Gasteiger partial charge in [0.1, 0.15) is 5.76 Å². The molecule has 174 valence electrons. The molecule has 2 aliphatic heterocycles. The molecule has 1 N–H and O–H groups in total. The van der Waals surface area contributed by atoms with Gasteiger partial charge in [-0.2, -0.15) is 4.31 Å². The normalized spacial score (nSPS) is 19.9. The molecule has 1 unspecified atom stereocenters. The molecule has 2 saturated heterocycles. The van der Waals surface area contributed by atoms with E-state index in [1.807, 2.05) is 12.1 Å². The lowest BCUT2D eigenvalue weighted by Crippen LogP contribution is -2.40. The van der Waals surface area contributed by atoms with Crippen molar-refractivity contribution in [3.8, 4) is 0 Å². The van der Waals surface area contributed by atoms with Gasteiger partial charge in [-0.3, -0.25) is 9.69 Å². The van der Waals surface area contributed by atoms with Crippen LogP contribution in [0.3, 0.4) is 0 Å². The molecule has 1 amide bonds. The number of amides is 1. The number of nitrogens with zero attached hydrogens (tertiary/aromatic N) is 2. The summed E-state index contributed by atoms with van der Waals surface area (Å²) in [4.78, 5) is 15.5. The van der Waals surface area contributed by atoms with Gasteiger partial charge in [0.15, 0.2) is 0 Å². The lowest BCUT2D eigenvalue weighted by atomic mass is 10.1. The van der Waals surface area contributed by atoms with Crippen LogP contribution in [0.25, 0.3) is 0 Å². The van der Waals surface area contributed by atoms with Crippen LogP contribution in [0.1, 0.15) is 67.1 Å². The Kier molecular flexibility index (Phi) is 7.65. The number of furan rings is 1. The lowest BCUT2D eigenvalue weighted by Gasteiger charge is -2.33. The third-order valence-electron chi connectivity index (χ3n) is 6.46. The van der Waals surface area contributed by atoms with Crippen LogP contribution in [0.15, 0.2) is 52.0 Å². The summed E-state index contributed by atoms with van der Waals surface area (Å²) in [6.07, 6.45) is 9.04. The molecular formula is C24H33N3O4S. The van der Waals surface area contributed by atoms with Crippen LogP contribution in [0, 0.1) is 0 Å². The van der Waals surface area contributed by atoms with Crippen molar-refractivity contribution in [2.45, 2.75) is 55.9 Å². The number of hydrogen-bond donors (Lipinski definition) is 1. The number of carbonyl (C=O) groups excluding carboxylic acids is 1. The third kappa shape index (κ3) is 5.42. The van der Waals surface area contributed by atoms with Crippen LogP contribution in [0.4, 0.5) is 0 Å². The highest BCUT2D eigenvalue weighted by atomic mass is 32.2. The fourth-order valence-electron chi connectivity index (χ4n) is 4.64. The second kappa shape index (κ2) is 10.6. The van der Waals surface area contributed by atoms with Crippen molar-refractivity contribution in [3.05, 3.63) is 54.0 Å². The Bertz CT molecular complexity index is 976. The molecule has 32 heavy (non-hydrogen) atoms. The molecule has 1 aromatic heterocycles. The highest BCUT2D eigenvalue weighted by molar-refractivity contribution is 7.89. The lowest BCUT2D eigenvalue weighted by molar-refractivity contribution is 0.0914. The molecule has 1 atom stereocenters. The summed E-state index contributed by atoms with van der Waals surface area (Å²) in [6.45, 7) is 3.45. The van der Waals surface area contributed by atoms with Gasteiger partial charge in [-0.25, -0.2) is 8.42 Å². The molecule has 0 saturated carbocycles. The summed E-state index contributed by atoms with van der Waals surface area (Å²) in [5.74, 6) is 0.566. The minimum Gasteiger partial charge on any atom is -0.468 e. The monoisotopic (exact) mass is 459 g/mol. The third-order valence-corrected chi connectivity index (χ3v) is 8.35. The van der Waals surface area contributed by atoms with Gasteiger partial charge in [0, 0.05) is 25.2 Å². The fourth-order valence-corrected chi connectivity index (χ4v) is 6.20. The fraction of sp³-hybridized carbons (Fsp3) is 0.542. The van der Waals surface area contributed by atoms with Gasteiger partial charge >= 0.3 is 0 Å². The van der Waals surface area contributed by atoms with Crippen LogP contribution < -0.4 is 5.32 Å². The SMILES string of the molecule is O=C(NCC(c1ccco1)N1CCCCC1)c1cccc(S(=O)(=O)N2CCCCCC2)c1. The molecule has 2 aromatic rings. The quantitative estimate of drug-likeness (QED) is 0.681. The molecule has 2 fully saturated rings. The number of rotatable bonds is 7. The van der Waals surface area contributed by atoms with Crippen molar-refractivity contribution < 1.29 is 17.6 Å². The maximum atomic E-state index is 13.1. The molecule has 1 aromatic carbocycles. The van der Waals surface area contributed by atoms with Gasteiger partial charge in [0.2, 0.25) is 10.0 Å². The van der Waals surface area contributed by atoms with E-state index in [2.05, 4.69) is 10.2 Å². The van der Waals surface area contributed by atoms with Gasteiger partial charge in [-0.1, -0.05) is 25.3 Å². The van der Waals surface area contributed by atoms with E-state index in [0.29, 0.717) is 25.2 Å². The van der Waals surface area contributed by atoms with Crippen LogP contribution in [-0.2, 0) is 10.0 Å². The molecule has 4 rings (SSSR count). The summed E-state index contributed by atoms with van der Waals surface area (Å²) >= 11 is 0. The largest absolute Gasteiger partial charge is 0.468 e. The van der Waals surface area contributed by atoms with E-state index in [1.165, 1.54) is 12.5 Å². The van der Waals surface area contributed by atoms with Crippen molar-refractivity contribution in [3.63, 3.8) is 0 Å². The first kappa shape index (κ1) is 23.0. The number of piperidine rings is 1. The maximum Gasteiger partial charge on any atom is 0.251 e. The molecule has 2 aliphatic rings. The smallest absolute Gasteiger partial charge is 0.251 e. The molecule has 7 nitrogen and oxygen atoms in total. The Hall–Kier alpha value is -2.16. The Morgan fingerprint density at radius 3 is 2.31 bits per heavy atom. The predicted molar refractivity (Wildman–Crippen MR) is 123 cm³/mol. The van der Waals surface area contributed by atoms with Gasteiger partial charge < -0.3 is 9.73 Å². The van der Waals surface area contributed by atoms with E-state index in [0.717, 1.165) is 57.4 Å². The van der Waals surface area contributed by atoms with E-state index in [1.54, 1.807) is 28.8 Å². The van der Waals surface area contributed by atoms with E-state index >= 15 is 0 Å². The van der Waals surface area contributed by atoms with Crippen LogP contribution in [0.2, 0.25) is 0 Å². The molecule has 0 aliphatic carbocycles. The summed E-state index contributed by atoms with van der Waals surface area (Å²) in [5, 5.41) is 3.00. The first-order valence-corrected chi connectivity index (χ1v) is 13.2. The van der Waals surface area contributed by atoms with E-state index in [-0.39, 0.29) is 16.8 Å². The topological polar surface area (TPSA) is 82.9 Å². The second-order valence-corrected chi connectivity index (χ2v) is 10.6. The first-order valence-electron chi connectivity index (χ1n) is 11.7. The van der Waals surface area contributed by atoms with Gasteiger partial charge in [-0.15, -0.1) is 0 Å². The van der Waals surface area contributed by atoms with Crippen molar-refractivity contribution in [2.75, 3.05) is 32.7 Å². The van der Waals surface area contributed by atoms with Gasteiger partial charge in [0.25, 0.3) is 5.91 Å². The summed E-state index contributed by atoms with van der Waals surface area (Å²) < 4.78 is 33.4. The number of nitrogens with one attached hydrogen (secondary N) is 1. The van der Waals surface area contributed by atoms with Crippen LogP contribution in [0.5, 0.6) is 0 Å². The van der Waals surface area contributed by atoms with Crippen molar-refractivity contribution >= 4 is 15.9 Å². The number of hydrogen-bond acceptors (Lipinski definition) is 5. The van der Waals surface area contributed by atoms with E-state index in [4.69, 9.17) is 4.42 Å². The minimum absolute atomic E-state index is 0.0294. The van der Waals surface area contributed by atoms with E-state index in [9.17, 15) is 13.2 Å². The first-order chi connectivity index (χ1) is 15.6. The summed E-state index contributed by atoms with van der Waals surface area (Å²) in [5.41, 5.74) is 0.359. The van der Waals surface area contributed by atoms with Crippen molar-refractivity contribution in [2.24, 2.45) is 0 Å². The Morgan fingerprint density at radius 1 is 0.938 bits per heavy atom. The number of carbonyl (C=O) groups is 1. The Labute approximate surface area is 190 Å². The van der Waals surface area contributed by atoms with Crippen LogP contribution in [-0.4, -0.2) is 56.3 Å².